The van der Waals surface area contributed by atoms with Gasteiger partial charge < -0.3 is 15.3 Å². The fraction of sp³-hybridized carbons (Fsp3) is 0.500. The maximum absolute atomic E-state index is 8.88. The maximum atomic E-state index is 8.88. The van der Waals surface area contributed by atoms with Crippen LogP contribution in [-0.4, -0.2) is 5.11 Å². The van der Waals surface area contributed by atoms with Crippen LogP contribution in [0.25, 0.3) is 0 Å². The highest BCUT2D eigenvalue weighted by molar-refractivity contribution is 5.21. The van der Waals surface area contributed by atoms with Gasteiger partial charge in [0.2, 0.25) is 0 Å². The minimum atomic E-state index is -0.0453. The summed E-state index contributed by atoms with van der Waals surface area (Å²) in [5, 5.41) is 8.88. The standard InChI is InChI=1S/C8H11NO2/c9-8(5-1-2-5)6-3-7(10)11-4-6/h3-5,8,10H,1-2,9H2. The van der Waals surface area contributed by atoms with E-state index in [-0.39, 0.29) is 12.0 Å². The number of furan rings is 1. The molecule has 0 saturated heterocycles. The summed E-state index contributed by atoms with van der Waals surface area (Å²) in [5.41, 5.74) is 6.75. The first-order chi connectivity index (χ1) is 5.27. The van der Waals surface area contributed by atoms with Crippen molar-refractivity contribution in [3.05, 3.63) is 17.9 Å². The van der Waals surface area contributed by atoms with Crippen molar-refractivity contribution < 1.29 is 9.52 Å². The predicted molar refractivity (Wildman–Crippen MR) is 40.0 cm³/mol. The van der Waals surface area contributed by atoms with Gasteiger partial charge in [0.15, 0.2) is 0 Å². The van der Waals surface area contributed by atoms with Crippen molar-refractivity contribution in [1.82, 2.24) is 0 Å². The lowest BCUT2D eigenvalue weighted by molar-refractivity contribution is 0.332. The molecule has 3 nitrogen and oxygen atoms in total. The maximum Gasteiger partial charge on any atom is 0.282 e. The number of rotatable bonds is 2. The zero-order chi connectivity index (χ0) is 7.84. The van der Waals surface area contributed by atoms with Crippen LogP contribution in [0.5, 0.6) is 5.95 Å². The lowest BCUT2D eigenvalue weighted by atomic mass is 10.1. The van der Waals surface area contributed by atoms with E-state index in [0.717, 1.165) is 5.56 Å². The Kier molecular flexibility index (Phi) is 1.39. The second-order valence-electron chi connectivity index (χ2n) is 3.08. The van der Waals surface area contributed by atoms with E-state index in [1.165, 1.54) is 19.1 Å². The van der Waals surface area contributed by atoms with Crippen molar-refractivity contribution in [3.63, 3.8) is 0 Å². The number of hydrogen-bond donors (Lipinski definition) is 2. The molecule has 0 aliphatic heterocycles. The molecular weight excluding hydrogens is 142 g/mol. The van der Waals surface area contributed by atoms with Crippen LogP contribution in [0.3, 0.4) is 0 Å². The molecule has 0 bridgehead atoms. The summed E-state index contributed by atoms with van der Waals surface area (Å²) >= 11 is 0. The van der Waals surface area contributed by atoms with Crippen LogP contribution >= 0.6 is 0 Å². The van der Waals surface area contributed by atoms with E-state index < -0.39 is 0 Å². The quantitative estimate of drug-likeness (QED) is 0.675. The monoisotopic (exact) mass is 153 g/mol. The summed E-state index contributed by atoms with van der Waals surface area (Å²) < 4.78 is 4.74. The molecule has 1 aromatic rings. The van der Waals surface area contributed by atoms with Crippen LogP contribution < -0.4 is 5.73 Å². The average molecular weight is 153 g/mol. The number of aromatic hydroxyl groups is 1. The zero-order valence-electron chi connectivity index (χ0n) is 6.16. The molecule has 3 N–H and O–H groups in total. The van der Waals surface area contributed by atoms with Crippen molar-refractivity contribution >= 4 is 0 Å². The predicted octanol–water partition coefficient (Wildman–Crippen LogP) is 1.40. The van der Waals surface area contributed by atoms with Gasteiger partial charge in [-0.2, -0.15) is 0 Å². The Morgan fingerprint density at radius 2 is 2.36 bits per heavy atom. The molecular formula is C8H11NO2. The molecule has 1 aliphatic rings. The van der Waals surface area contributed by atoms with Gasteiger partial charge in [-0.25, -0.2) is 0 Å². The van der Waals surface area contributed by atoms with Gasteiger partial charge in [-0.1, -0.05) is 0 Å². The second kappa shape index (κ2) is 2.27. The lowest BCUT2D eigenvalue weighted by Gasteiger charge is -2.04. The molecule has 1 atom stereocenters. The van der Waals surface area contributed by atoms with Crippen molar-refractivity contribution in [2.45, 2.75) is 18.9 Å². The van der Waals surface area contributed by atoms with Gasteiger partial charge in [0.25, 0.3) is 5.95 Å². The van der Waals surface area contributed by atoms with Crippen LogP contribution in [0.2, 0.25) is 0 Å². The van der Waals surface area contributed by atoms with Crippen LogP contribution in [0, 0.1) is 5.92 Å². The van der Waals surface area contributed by atoms with Crippen LogP contribution in [0.4, 0.5) is 0 Å². The highest BCUT2D eigenvalue weighted by Gasteiger charge is 2.30. The molecule has 1 unspecified atom stereocenters. The van der Waals surface area contributed by atoms with E-state index in [0.29, 0.717) is 5.92 Å². The third-order valence-electron chi connectivity index (χ3n) is 2.12. The summed E-state index contributed by atoms with van der Waals surface area (Å²) in [7, 11) is 0. The van der Waals surface area contributed by atoms with E-state index >= 15 is 0 Å². The Balaban J connectivity index is 2.14. The number of nitrogens with two attached hydrogens (primary N) is 1. The first-order valence-corrected chi connectivity index (χ1v) is 3.80. The molecule has 60 valence electrons. The molecule has 0 spiro atoms. The van der Waals surface area contributed by atoms with E-state index in [1.54, 1.807) is 6.07 Å². The molecule has 1 heterocycles. The third-order valence-corrected chi connectivity index (χ3v) is 2.12. The lowest BCUT2D eigenvalue weighted by Crippen LogP contribution is -2.10. The van der Waals surface area contributed by atoms with Gasteiger partial charge in [-0.05, 0) is 18.8 Å². The normalized spacial score (nSPS) is 20.1. The summed E-state index contributed by atoms with van der Waals surface area (Å²) in [5.74, 6) is 0.558. The Morgan fingerprint density at radius 1 is 1.64 bits per heavy atom. The van der Waals surface area contributed by atoms with E-state index in [1.807, 2.05) is 0 Å². The average Bonchev–Trinajstić information content (AvgIpc) is 2.74. The van der Waals surface area contributed by atoms with Crippen LogP contribution in [0.1, 0.15) is 24.4 Å². The molecule has 1 fully saturated rings. The van der Waals surface area contributed by atoms with Gasteiger partial charge >= 0.3 is 0 Å². The largest absolute Gasteiger partial charge is 0.481 e. The number of hydrogen-bond acceptors (Lipinski definition) is 3. The van der Waals surface area contributed by atoms with Gasteiger partial charge in [-0.3, -0.25) is 0 Å². The summed E-state index contributed by atoms with van der Waals surface area (Å²) in [4.78, 5) is 0. The zero-order valence-corrected chi connectivity index (χ0v) is 6.16. The molecule has 3 heteroatoms. The molecule has 1 aliphatic carbocycles. The molecule has 0 radical (unpaired) electrons. The highest BCUT2D eigenvalue weighted by atomic mass is 16.5. The Morgan fingerprint density at radius 3 is 2.82 bits per heavy atom. The Hall–Kier alpha value is -0.960. The minimum absolute atomic E-state index is 0.0453. The van der Waals surface area contributed by atoms with Gasteiger partial charge in [0.05, 0.1) is 6.26 Å². The smallest absolute Gasteiger partial charge is 0.282 e. The molecule has 1 aromatic heterocycles. The topological polar surface area (TPSA) is 59.4 Å². The molecule has 0 aromatic carbocycles. The third kappa shape index (κ3) is 1.24. The van der Waals surface area contributed by atoms with Crippen LogP contribution in [0.15, 0.2) is 16.7 Å². The van der Waals surface area contributed by atoms with Crippen molar-refractivity contribution in [1.29, 1.82) is 0 Å². The Bertz CT molecular complexity index is 252. The molecule has 1 saturated carbocycles. The minimum Gasteiger partial charge on any atom is -0.481 e. The summed E-state index contributed by atoms with van der Waals surface area (Å²) in [6, 6.07) is 1.64. The van der Waals surface area contributed by atoms with Crippen molar-refractivity contribution in [3.8, 4) is 5.95 Å². The second-order valence-corrected chi connectivity index (χ2v) is 3.08. The molecule has 0 amide bonds. The van der Waals surface area contributed by atoms with E-state index in [4.69, 9.17) is 15.3 Å². The fourth-order valence-electron chi connectivity index (χ4n) is 1.24. The highest BCUT2D eigenvalue weighted by Crippen LogP contribution is 2.40. The van der Waals surface area contributed by atoms with Gasteiger partial charge in [-0.15, -0.1) is 0 Å². The first kappa shape index (κ1) is 6.73. The first-order valence-electron chi connectivity index (χ1n) is 3.80. The summed E-state index contributed by atoms with van der Waals surface area (Å²) in [6.07, 6.45) is 3.93. The van der Waals surface area contributed by atoms with E-state index in [9.17, 15) is 0 Å². The van der Waals surface area contributed by atoms with Crippen LogP contribution in [-0.2, 0) is 0 Å². The fourth-order valence-corrected chi connectivity index (χ4v) is 1.24. The summed E-state index contributed by atoms with van der Waals surface area (Å²) in [6.45, 7) is 0. The van der Waals surface area contributed by atoms with Crippen molar-refractivity contribution in [2.75, 3.05) is 0 Å². The Labute approximate surface area is 64.8 Å². The molecule has 11 heavy (non-hydrogen) atoms. The molecule has 2 rings (SSSR count). The SMILES string of the molecule is NC(c1coc(O)c1)C1CC1. The van der Waals surface area contributed by atoms with Gasteiger partial charge in [0, 0.05) is 17.7 Å². The van der Waals surface area contributed by atoms with E-state index in [2.05, 4.69) is 0 Å². The van der Waals surface area contributed by atoms with Crippen molar-refractivity contribution in [2.24, 2.45) is 11.7 Å². The van der Waals surface area contributed by atoms with Gasteiger partial charge in [0.1, 0.15) is 0 Å².